The summed E-state index contributed by atoms with van der Waals surface area (Å²) in [7, 11) is 0. The molecular weight excluding hydrogens is 208 g/mol. The molecule has 15 heavy (non-hydrogen) atoms. The Morgan fingerprint density at radius 3 is 2.27 bits per heavy atom. The molecule has 0 aromatic heterocycles. The van der Waals surface area contributed by atoms with Crippen LogP contribution in [-0.4, -0.2) is 42.5 Å². The molecule has 0 unspecified atom stereocenters. The molecular formula is C12H25ClN2. The Balaban J connectivity index is 2.26. The number of halogens is 1. The van der Waals surface area contributed by atoms with Gasteiger partial charge in [-0.25, -0.2) is 0 Å². The lowest BCUT2D eigenvalue weighted by molar-refractivity contribution is -0.0111. The monoisotopic (exact) mass is 232 g/mol. The van der Waals surface area contributed by atoms with Gasteiger partial charge in [0, 0.05) is 36.5 Å². The Kier molecular flexibility index (Phi) is 4.88. The first-order chi connectivity index (χ1) is 6.99. The lowest BCUT2D eigenvalue weighted by Gasteiger charge is -2.51. The number of nitrogens with zero attached hydrogens (tertiary/aromatic N) is 1. The predicted octanol–water partition coefficient (Wildman–Crippen LogP) is 2.32. The molecule has 0 amide bonds. The highest BCUT2D eigenvalue weighted by Crippen LogP contribution is 2.36. The number of hydrogen-bond donors (Lipinski definition) is 1. The van der Waals surface area contributed by atoms with Gasteiger partial charge >= 0.3 is 0 Å². The molecule has 1 N–H and O–H groups in total. The Morgan fingerprint density at radius 1 is 1.27 bits per heavy atom. The van der Waals surface area contributed by atoms with Crippen molar-refractivity contribution in [3.63, 3.8) is 0 Å². The van der Waals surface area contributed by atoms with Crippen molar-refractivity contribution in [2.45, 2.75) is 46.2 Å². The second-order valence-corrected chi connectivity index (χ2v) is 5.76. The van der Waals surface area contributed by atoms with Crippen molar-refractivity contribution in [3.05, 3.63) is 0 Å². The molecule has 0 aromatic rings. The molecule has 0 atom stereocenters. The number of hydrogen-bond acceptors (Lipinski definition) is 2. The van der Waals surface area contributed by atoms with Crippen molar-refractivity contribution >= 4 is 11.6 Å². The molecule has 1 aliphatic heterocycles. The summed E-state index contributed by atoms with van der Waals surface area (Å²) in [5.74, 6) is 0.802. The van der Waals surface area contributed by atoms with Crippen molar-refractivity contribution in [2.24, 2.45) is 5.41 Å². The van der Waals surface area contributed by atoms with E-state index in [0.29, 0.717) is 17.5 Å². The van der Waals surface area contributed by atoms with Crippen LogP contribution in [0.5, 0.6) is 0 Å². The molecule has 1 saturated heterocycles. The van der Waals surface area contributed by atoms with Crippen LogP contribution in [-0.2, 0) is 0 Å². The lowest BCUT2D eigenvalue weighted by Crippen LogP contribution is -2.60. The van der Waals surface area contributed by atoms with E-state index in [9.17, 15) is 0 Å². The SMILES string of the molecule is CC(C)NCCC1(CCl)CN(C(C)C)C1. The summed E-state index contributed by atoms with van der Waals surface area (Å²) >= 11 is 6.09. The molecule has 3 heteroatoms. The van der Waals surface area contributed by atoms with Crippen LogP contribution >= 0.6 is 11.6 Å². The number of likely N-dealkylation sites (tertiary alicyclic amines) is 1. The van der Waals surface area contributed by atoms with Crippen molar-refractivity contribution in [2.75, 3.05) is 25.5 Å². The van der Waals surface area contributed by atoms with Crippen LogP contribution in [0.2, 0.25) is 0 Å². The first-order valence-electron chi connectivity index (χ1n) is 6.02. The van der Waals surface area contributed by atoms with E-state index in [1.807, 2.05) is 0 Å². The van der Waals surface area contributed by atoms with E-state index in [4.69, 9.17) is 11.6 Å². The van der Waals surface area contributed by atoms with Gasteiger partial charge in [0.2, 0.25) is 0 Å². The standard InChI is InChI=1S/C12H25ClN2/c1-10(2)14-6-5-12(7-13)8-15(9-12)11(3)4/h10-11,14H,5-9H2,1-4H3. The third-order valence-corrected chi connectivity index (χ3v) is 3.87. The van der Waals surface area contributed by atoms with E-state index in [1.165, 1.54) is 19.5 Å². The molecule has 2 nitrogen and oxygen atoms in total. The molecule has 1 rings (SSSR count). The maximum atomic E-state index is 6.09. The topological polar surface area (TPSA) is 15.3 Å². The minimum Gasteiger partial charge on any atom is -0.315 e. The molecule has 0 aliphatic carbocycles. The third kappa shape index (κ3) is 3.61. The maximum absolute atomic E-state index is 6.09. The summed E-state index contributed by atoms with van der Waals surface area (Å²) in [5, 5.41) is 3.47. The molecule has 1 aliphatic rings. The van der Waals surface area contributed by atoms with Gasteiger partial charge in [-0.2, -0.15) is 0 Å². The summed E-state index contributed by atoms with van der Waals surface area (Å²) in [4.78, 5) is 2.50. The largest absolute Gasteiger partial charge is 0.315 e. The highest BCUT2D eigenvalue weighted by atomic mass is 35.5. The zero-order valence-corrected chi connectivity index (χ0v) is 11.3. The molecule has 0 saturated carbocycles. The van der Waals surface area contributed by atoms with E-state index in [1.54, 1.807) is 0 Å². The van der Waals surface area contributed by atoms with Crippen molar-refractivity contribution in [3.8, 4) is 0 Å². The van der Waals surface area contributed by atoms with Crippen molar-refractivity contribution < 1.29 is 0 Å². The molecule has 90 valence electrons. The van der Waals surface area contributed by atoms with Gasteiger partial charge in [0.1, 0.15) is 0 Å². The normalized spacial score (nSPS) is 21.0. The summed E-state index contributed by atoms with van der Waals surface area (Å²) in [6.45, 7) is 12.3. The lowest BCUT2D eigenvalue weighted by atomic mass is 9.78. The van der Waals surface area contributed by atoms with Crippen molar-refractivity contribution in [1.29, 1.82) is 0 Å². The summed E-state index contributed by atoms with van der Waals surface area (Å²) in [6, 6.07) is 1.25. The van der Waals surface area contributed by atoms with Crippen LogP contribution < -0.4 is 5.32 Å². The van der Waals surface area contributed by atoms with E-state index in [0.717, 1.165) is 12.4 Å². The van der Waals surface area contributed by atoms with Gasteiger partial charge in [0.05, 0.1) is 0 Å². The zero-order chi connectivity index (χ0) is 11.5. The van der Waals surface area contributed by atoms with Gasteiger partial charge < -0.3 is 5.32 Å². The highest BCUT2D eigenvalue weighted by molar-refractivity contribution is 6.18. The molecule has 0 radical (unpaired) electrons. The van der Waals surface area contributed by atoms with E-state index in [-0.39, 0.29) is 0 Å². The highest BCUT2D eigenvalue weighted by Gasteiger charge is 2.42. The fourth-order valence-electron chi connectivity index (χ4n) is 2.12. The maximum Gasteiger partial charge on any atom is 0.0305 e. The second kappa shape index (κ2) is 5.51. The number of nitrogens with one attached hydrogen (secondary N) is 1. The summed E-state index contributed by atoms with van der Waals surface area (Å²) in [6.07, 6.45) is 1.21. The molecule has 1 fully saturated rings. The first-order valence-corrected chi connectivity index (χ1v) is 6.56. The van der Waals surface area contributed by atoms with Crippen LogP contribution in [0.1, 0.15) is 34.1 Å². The van der Waals surface area contributed by atoms with Gasteiger partial charge in [0.25, 0.3) is 0 Å². The van der Waals surface area contributed by atoms with Gasteiger partial charge in [-0.05, 0) is 26.8 Å². The predicted molar refractivity (Wildman–Crippen MR) is 67.6 cm³/mol. The van der Waals surface area contributed by atoms with Crippen LogP contribution in [0.25, 0.3) is 0 Å². The quantitative estimate of drug-likeness (QED) is 0.708. The molecule has 0 aromatic carbocycles. The van der Waals surface area contributed by atoms with Crippen LogP contribution in [0, 0.1) is 5.41 Å². The minimum atomic E-state index is 0.383. The average molecular weight is 233 g/mol. The first kappa shape index (κ1) is 13.3. The molecule has 0 bridgehead atoms. The summed E-state index contributed by atoms with van der Waals surface area (Å²) in [5.41, 5.74) is 0.383. The van der Waals surface area contributed by atoms with Crippen molar-refractivity contribution in [1.82, 2.24) is 10.2 Å². The Bertz CT molecular complexity index is 186. The Labute approximate surface area is 99.4 Å². The Hall–Kier alpha value is 0.210. The summed E-state index contributed by atoms with van der Waals surface area (Å²) < 4.78 is 0. The fraction of sp³-hybridized carbons (Fsp3) is 1.00. The molecule has 1 heterocycles. The van der Waals surface area contributed by atoms with Crippen LogP contribution in [0.4, 0.5) is 0 Å². The van der Waals surface area contributed by atoms with Crippen LogP contribution in [0.15, 0.2) is 0 Å². The van der Waals surface area contributed by atoms with Crippen LogP contribution in [0.3, 0.4) is 0 Å². The zero-order valence-electron chi connectivity index (χ0n) is 10.5. The van der Waals surface area contributed by atoms with Gasteiger partial charge in [-0.1, -0.05) is 13.8 Å². The number of alkyl halides is 1. The van der Waals surface area contributed by atoms with E-state index >= 15 is 0 Å². The minimum absolute atomic E-state index is 0.383. The fourth-order valence-corrected chi connectivity index (χ4v) is 2.42. The third-order valence-electron chi connectivity index (χ3n) is 3.30. The smallest absolute Gasteiger partial charge is 0.0305 e. The van der Waals surface area contributed by atoms with Gasteiger partial charge in [-0.15, -0.1) is 11.6 Å². The Morgan fingerprint density at radius 2 is 1.87 bits per heavy atom. The molecule has 0 spiro atoms. The van der Waals surface area contributed by atoms with Gasteiger partial charge in [0.15, 0.2) is 0 Å². The van der Waals surface area contributed by atoms with E-state index < -0.39 is 0 Å². The van der Waals surface area contributed by atoms with Gasteiger partial charge in [-0.3, -0.25) is 4.90 Å². The average Bonchev–Trinajstić information content (AvgIpc) is 2.08. The second-order valence-electron chi connectivity index (χ2n) is 5.49. The van der Waals surface area contributed by atoms with E-state index in [2.05, 4.69) is 37.9 Å². The number of rotatable bonds is 6.